The van der Waals surface area contributed by atoms with Crippen molar-refractivity contribution >= 4 is 5.82 Å². The second-order valence-electron chi connectivity index (χ2n) is 3.61. The Hall–Kier alpha value is -2.41. The van der Waals surface area contributed by atoms with Crippen molar-refractivity contribution in [3.8, 4) is 0 Å². The lowest BCUT2D eigenvalue weighted by molar-refractivity contribution is 0.0586. The highest BCUT2D eigenvalue weighted by molar-refractivity contribution is 5.20. The fourth-order valence-electron chi connectivity index (χ4n) is 1.39. The molecule has 0 aliphatic carbocycles. The van der Waals surface area contributed by atoms with Crippen molar-refractivity contribution in [1.29, 1.82) is 0 Å². The molecule has 0 aliphatic heterocycles. The number of nitrogens with one attached hydrogen (secondary N) is 1. The van der Waals surface area contributed by atoms with Gasteiger partial charge in [0.15, 0.2) is 0 Å². The van der Waals surface area contributed by atoms with Crippen LogP contribution in [-0.4, -0.2) is 14.8 Å². The molecule has 7 heteroatoms. The molecule has 3 N–H and O–H groups in total. The molecule has 0 aliphatic rings. The summed E-state index contributed by atoms with van der Waals surface area (Å²) in [6.45, 7) is 0.130. The zero-order valence-corrected chi connectivity index (χ0v) is 9.50. The van der Waals surface area contributed by atoms with Gasteiger partial charge in [0, 0.05) is 0 Å². The molecule has 1 aromatic heterocycles. The Kier molecular flexibility index (Phi) is 3.54. The Labute approximate surface area is 102 Å². The van der Waals surface area contributed by atoms with Crippen LogP contribution in [0, 0.1) is 0 Å². The topological polar surface area (TPSA) is 103 Å². The second kappa shape index (κ2) is 5.28. The average Bonchev–Trinajstić information content (AvgIpc) is 2.39. The minimum absolute atomic E-state index is 0.171. The summed E-state index contributed by atoms with van der Waals surface area (Å²) in [6, 6.07) is 9.41. The van der Waals surface area contributed by atoms with Gasteiger partial charge in [0.1, 0.15) is 6.73 Å². The molecule has 0 saturated heterocycles. The normalized spacial score (nSPS) is 10.4. The van der Waals surface area contributed by atoms with E-state index in [1.165, 1.54) is 0 Å². The highest BCUT2D eigenvalue weighted by atomic mass is 16.5. The molecule has 2 aromatic rings. The molecule has 0 bridgehead atoms. The molecule has 1 heterocycles. The third kappa shape index (κ3) is 2.64. The van der Waals surface area contributed by atoms with E-state index in [0.29, 0.717) is 6.61 Å². The number of anilines is 1. The summed E-state index contributed by atoms with van der Waals surface area (Å²) >= 11 is 0. The van der Waals surface area contributed by atoms with Gasteiger partial charge in [0.2, 0.25) is 5.82 Å². The predicted molar refractivity (Wildman–Crippen MR) is 64.8 cm³/mol. The Morgan fingerprint density at radius 3 is 2.72 bits per heavy atom. The fourth-order valence-corrected chi connectivity index (χ4v) is 1.39. The molecule has 94 valence electrons. The lowest BCUT2D eigenvalue weighted by Gasteiger charge is -2.06. The molecular formula is C11H12N4O3. The van der Waals surface area contributed by atoms with Gasteiger partial charge in [0.25, 0.3) is 0 Å². The summed E-state index contributed by atoms with van der Waals surface area (Å²) in [5.41, 5.74) is 4.94. The van der Waals surface area contributed by atoms with Gasteiger partial charge in [-0.25, -0.2) is 14.5 Å². The molecule has 2 rings (SSSR count). The number of nitrogen functional groups attached to an aromatic ring is 1. The van der Waals surface area contributed by atoms with Gasteiger partial charge in [-0.1, -0.05) is 30.3 Å². The van der Waals surface area contributed by atoms with Crippen molar-refractivity contribution in [3.63, 3.8) is 0 Å². The van der Waals surface area contributed by atoms with E-state index in [2.05, 4.69) is 10.2 Å². The van der Waals surface area contributed by atoms with Gasteiger partial charge in [0.05, 0.1) is 6.61 Å². The number of nitrogens with two attached hydrogens (primary N) is 1. The minimum atomic E-state index is -0.660. The number of H-pyrrole nitrogens is 1. The predicted octanol–water partition coefficient (Wildman–Crippen LogP) is -0.312. The zero-order valence-electron chi connectivity index (χ0n) is 9.50. The van der Waals surface area contributed by atoms with E-state index in [-0.39, 0.29) is 12.5 Å². The number of ether oxygens (including phenoxy) is 1. The van der Waals surface area contributed by atoms with Crippen LogP contribution in [0.3, 0.4) is 0 Å². The number of hydrogen-bond acceptors (Lipinski definition) is 5. The van der Waals surface area contributed by atoms with Crippen LogP contribution in [0.25, 0.3) is 0 Å². The standard InChI is InChI=1S/C11H12N4O3/c12-9-10(16)15(11(17)14-13-9)7-18-6-8-4-2-1-3-5-8/h1-5H,6-7H2,(H2,12,13)(H,14,17). The van der Waals surface area contributed by atoms with Crippen LogP contribution in [0.2, 0.25) is 0 Å². The quantitative estimate of drug-likeness (QED) is 0.772. The Balaban J connectivity index is 2.06. The van der Waals surface area contributed by atoms with Crippen LogP contribution in [0.15, 0.2) is 39.9 Å². The largest absolute Gasteiger partial charge is 0.378 e. The highest BCUT2D eigenvalue weighted by Gasteiger charge is 2.05. The summed E-state index contributed by atoms with van der Waals surface area (Å²) < 4.78 is 6.13. The Bertz CT molecular complexity index is 633. The number of hydrogen-bond donors (Lipinski definition) is 2. The van der Waals surface area contributed by atoms with Crippen LogP contribution in [0.1, 0.15) is 5.56 Å². The van der Waals surface area contributed by atoms with Crippen LogP contribution < -0.4 is 17.0 Å². The summed E-state index contributed by atoms with van der Waals surface area (Å²) in [5.74, 6) is -0.266. The van der Waals surface area contributed by atoms with Crippen molar-refractivity contribution < 1.29 is 4.74 Å². The van der Waals surface area contributed by atoms with Gasteiger partial charge >= 0.3 is 11.2 Å². The zero-order chi connectivity index (χ0) is 13.0. The van der Waals surface area contributed by atoms with Crippen LogP contribution in [-0.2, 0) is 18.1 Å². The highest BCUT2D eigenvalue weighted by Crippen LogP contribution is 2.00. The second-order valence-corrected chi connectivity index (χ2v) is 3.61. The molecular weight excluding hydrogens is 236 g/mol. The first-order valence-electron chi connectivity index (χ1n) is 5.25. The van der Waals surface area contributed by atoms with Crippen LogP contribution >= 0.6 is 0 Å². The van der Waals surface area contributed by atoms with Crippen molar-refractivity contribution in [3.05, 3.63) is 56.7 Å². The maximum absolute atomic E-state index is 11.5. The van der Waals surface area contributed by atoms with Crippen LogP contribution in [0.4, 0.5) is 5.82 Å². The Morgan fingerprint density at radius 2 is 2.00 bits per heavy atom. The van der Waals surface area contributed by atoms with E-state index in [1.54, 1.807) is 0 Å². The first kappa shape index (κ1) is 12.1. The van der Waals surface area contributed by atoms with E-state index in [4.69, 9.17) is 10.5 Å². The number of rotatable bonds is 4. The molecule has 0 amide bonds. The summed E-state index contributed by atoms with van der Waals surface area (Å²) in [4.78, 5) is 22.9. The summed E-state index contributed by atoms with van der Waals surface area (Å²) in [7, 11) is 0. The van der Waals surface area contributed by atoms with Crippen molar-refractivity contribution in [1.82, 2.24) is 14.8 Å². The van der Waals surface area contributed by atoms with Crippen molar-refractivity contribution in [2.45, 2.75) is 13.3 Å². The number of nitrogens with zero attached hydrogens (tertiary/aromatic N) is 2. The fraction of sp³-hybridized carbons (Fsp3) is 0.182. The van der Waals surface area contributed by atoms with E-state index in [1.807, 2.05) is 30.3 Å². The molecule has 0 fully saturated rings. The molecule has 1 aromatic carbocycles. The number of aromatic nitrogens is 3. The lowest BCUT2D eigenvalue weighted by Crippen LogP contribution is -2.38. The SMILES string of the molecule is Nc1n[nH]c(=O)n(COCc2ccccc2)c1=O. The molecule has 0 spiro atoms. The van der Waals surface area contributed by atoms with Crippen molar-refractivity contribution in [2.24, 2.45) is 0 Å². The monoisotopic (exact) mass is 248 g/mol. The Morgan fingerprint density at radius 1 is 1.28 bits per heavy atom. The van der Waals surface area contributed by atoms with E-state index < -0.39 is 11.2 Å². The maximum atomic E-state index is 11.5. The molecule has 7 nitrogen and oxygen atoms in total. The summed E-state index contributed by atoms with van der Waals surface area (Å²) in [5, 5.41) is 5.47. The van der Waals surface area contributed by atoms with Gasteiger partial charge < -0.3 is 10.5 Å². The molecule has 0 radical (unpaired) electrons. The van der Waals surface area contributed by atoms with E-state index in [9.17, 15) is 9.59 Å². The van der Waals surface area contributed by atoms with Gasteiger partial charge in [-0.15, -0.1) is 5.10 Å². The van der Waals surface area contributed by atoms with Crippen LogP contribution in [0.5, 0.6) is 0 Å². The smallest absolute Gasteiger partial charge is 0.346 e. The number of benzene rings is 1. The molecule has 0 atom stereocenters. The first-order chi connectivity index (χ1) is 8.68. The lowest BCUT2D eigenvalue weighted by atomic mass is 10.2. The third-order valence-electron chi connectivity index (χ3n) is 2.31. The van der Waals surface area contributed by atoms with Gasteiger partial charge in [-0.2, -0.15) is 0 Å². The van der Waals surface area contributed by atoms with Crippen molar-refractivity contribution in [2.75, 3.05) is 5.73 Å². The third-order valence-corrected chi connectivity index (χ3v) is 2.31. The first-order valence-corrected chi connectivity index (χ1v) is 5.25. The van der Waals surface area contributed by atoms with Gasteiger partial charge in [-0.05, 0) is 5.56 Å². The molecule has 0 unspecified atom stereocenters. The average molecular weight is 248 g/mol. The molecule has 18 heavy (non-hydrogen) atoms. The van der Waals surface area contributed by atoms with E-state index in [0.717, 1.165) is 10.1 Å². The van der Waals surface area contributed by atoms with E-state index >= 15 is 0 Å². The van der Waals surface area contributed by atoms with Gasteiger partial charge in [-0.3, -0.25) is 4.79 Å². The number of aromatic amines is 1. The molecule has 0 saturated carbocycles. The maximum Gasteiger partial charge on any atom is 0.346 e. The minimum Gasteiger partial charge on any atom is -0.378 e. The summed E-state index contributed by atoms with van der Waals surface area (Å²) in [6.07, 6.45) is 0.